The van der Waals surface area contributed by atoms with E-state index in [1.807, 2.05) is 6.07 Å². The molecule has 3 rings (SSSR count). The van der Waals surface area contributed by atoms with Crippen molar-refractivity contribution in [2.24, 2.45) is 5.73 Å². The van der Waals surface area contributed by atoms with Crippen molar-refractivity contribution in [1.29, 1.82) is 0 Å². The van der Waals surface area contributed by atoms with Gasteiger partial charge < -0.3 is 20.5 Å². The van der Waals surface area contributed by atoms with Crippen molar-refractivity contribution in [3.8, 4) is 11.5 Å². The highest BCUT2D eigenvalue weighted by Crippen LogP contribution is 2.31. The monoisotopic (exact) mass is 460 g/mol. The molecule has 1 aliphatic rings. The van der Waals surface area contributed by atoms with Crippen LogP contribution in [0.15, 0.2) is 53.4 Å². The van der Waals surface area contributed by atoms with Gasteiger partial charge in [0, 0.05) is 12.5 Å². The first kappa shape index (κ1) is 24.1. The first-order valence-electron chi connectivity index (χ1n) is 10.9. The van der Waals surface area contributed by atoms with Crippen LogP contribution in [0.2, 0.25) is 0 Å². The molecule has 1 fully saturated rings. The Hall–Kier alpha value is -2.58. The predicted molar refractivity (Wildman–Crippen MR) is 124 cm³/mol. The van der Waals surface area contributed by atoms with Crippen LogP contribution in [0.4, 0.5) is 0 Å². The van der Waals surface area contributed by atoms with Crippen molar-refractivity contribution in [1.82, 2.24) is 5.32 Å². The molecule has 2 aromatic rings. The van der Waals surface area contributed by atoms with Gasteiger partial charge >= 0.3 is 0 Å². The van der Waals surface area contributed by atoms with E-state index >= 15 is 0 Å². The van der Waals surface area contributed by atoms with E-state index in [-0.39, 0.29) is 11.3 Å². The fraction of sp³-hybridized carbons (Fsp3) is 0.458. The normalized spacial score (nSPS) is 18.5. The van der Waals surface area contributed by atoms with Crippen LogP contribution in [-0.4, -0.2) is 45.4 Å². The van der Waals surface area contributed by atoms with Crippen molar-refractivity contribution in [2.45, 2.75) is 54.7 Å². The molecule has 1 saturated heterocycles. The van der Waals surface area contributed by atoms with Gasteiger partial charge in [0.05, 0.1) is 18.6 Å². The van der Waals surface area contributed by atoms with Crippen LogP contribution in [0, 0.1) is 0 Å². The maximum atomic E-state index is 13.4. The van der Waals surface area contributed by atoms with Gasteiger partial charge in [0.15, 0.2) is 14.6 Å². The molecule has 0 saturated carbocycles. The van der Waals surface area contributed by atoms with E-state index in [0.717, 1.165) is 19.4 Å². The van der Waals surface area contributed by atoms with Crippen LogP contribution in [0.5, 0.6) is 11.5 Å². The molecule has 7 nitrogen and oxygen atoms in total. The number of benzene rings is 2. The summed E-state index contributed by atoms with van der Waals surface area (Å²) in [7, 11) is -2.55. The fourth-order valence-corrected chi connectivity index (χ4v) is 5.59. The SMILES string of the molecule is COc1ccc(S(=O)(=O)C(C)(Cc2cccc(OCCC3CCCCN3)c2)C(N)=O)cc1. The first-order valence-corrected chi connectivity index (χ1v) is 12.4. The van der Waals surface area contributed by atoms with Crippen molar-refractivity contribution < 1.29 is 22.7 Å². The van der Waals surface area contributed by atoms with Gasteiger partial charge in [-0.25, -0.2) is 8.42 Å². The quantitative estimate of drug-likeness (QED) is 0.565. The maximum absolute atomic E-state index is 13.4. The Balaban J connectivity index is 1.74. The molecule has 0 bridgehead atoms. The second kappa shape index (κ2) is 10.4. The van der Waals surface area contributed by atoms with Crippen LogP contribution in [-0.2, 0) is 21.1 Å². The molecule has 2 unspecified atom stereocenters. The van der Waals surface area contributed by atoms with Crippen LogP contribution in [0.25, 0.3) is 0 Å². The van der Waals surface area contributed by atoms with Gasteiger partial charge in [-0.1, -0.05) is 18.6 Å². The number of rotatable bonds is 10. The van der Waals surface area contributed by atoms with E-state index in [4.69, 9.17) is 15.2 Å². The van der Waals surface area contributed by atoms with E-state index in [1.165, 1.54) is 39.0 Å². The number of methoxy groups -OCH3 is 1. The van der Waals surface area contributed by atoms with E-state index in [9.17, 15) is 13.2 Å². The molecular formula is C24H32N2O5S. The summed E-state index contributed by atoms with van der Waals surface area (Å²) >= 11 is 0. The number of primary amides is 1. The van der Waals surface area contributed by atoms with Crippen molar-refractivity contribution in [2.75, 3.05) is 20.3 Å². The minimum atomic E-state index is -4.05. The summed E-state index contributed by atoms with van der Waals surface area (Å²) in [6, 6.07) is 13.6. The molecule has 32 heavy (non-hydrogen) atoms. The summed E-state index contributed by atoms with van der Waals surface area (Å²) in [6.07, 6.45) is 4.47. The zero-order valence-electron chi connectivity index (χ0n) is 18.7. The summed E-state index contributed by atoms with van der Waals surface area (Å²) in [5, 5.41) is 3.49. The number of carbonyl (C=O) groups excluding carboxylic acids is 1. The van der Waals surface area contributed by atoms with E-state index in [0.29, 0.717) is 29.7 Å². The van der Waals surface area contributed by atoms with Crippen LogP contribution in [0.1, 0.15) is 38.2 Å². The maximum Gasteiger partial charge on any atom is 0.239 e. The number of ether oxygens (including phenoxy) is 2. The number of hydrogen-bond acceptors (Lipinski definition) is 6. The third-order valence-corrected chi connectivity index (χ3v) is 8.50. The smallest absolute Gasteiger partial charge is 0.239 e. The fourth-order valence-electron chi connectivity index (χ4n) is 3.95. The van der Waals surface area contributed by atoms with E-state index in [1.54, 1.807) is 30.3 Å². The molecule has 1 heterocycles. The Kier molecular flexibility index (Phi) is 7.79. The Bertz CT molecular complexity index is 1020. The lowest BCUT2D eigenvalue weighted by molar-refractivity contribution is -0.120. The lowest BCUT2D eigenvalue weighted by Gasteiger charge is -2.26. The molecule has 8 heteroatoms. The van der Waals surface area contributed by atoms with Crippen molar-refractivity contribution in [3.63, 3.8) is 0 Å². The van der Waals surface area contributed by atoms with Crippen molar-refractivity contribution >= 4 is 15.7 Å². The van der Waals surface area contributed by atoms with Gasteiger partial charge in [0.25, 0.3) is 0 Å². The molecule has 0 aliphatic carbocycles. The Morgan fingerprint density at radius 2 is 1.91 bits per heavy atom. The van der Waals surface area contributed by atoms with Gasteiger partial charge in [-0.15, -0.1) is 0 Å². The zero-order chi connectivity index (χ0) is 23.2. The number of nitrogens with one attached hydrogen (secondary N) is 1. The summed E-state index contributed by atoms with van der Waals surface area (Å²) in [6.45, 7) is 2.99. The minimum Gasteiger partial charge on any atom is -0.497 e. The topological polar surface area (TPSA) is 108 Å². The van der Waals surface area contributed by atoms with E-state index < -0.39 is 20.5 Å². The molecule has 2 atom stereocenters. The minimum absolute atomic E-state index is 0.0204. The summed E-state index contributed by atoms with van der Waals surface area (Å²) < 4.78 is 35.9. The number of hydrogen-bond donors (Lipinski definition) is 2. The van der Waals surface area contributed by atoms with Gasteiger partial charge in [-0.05, 0) is 74.7 Å². The molecule has 1 amide bonds. The van der Waals surface area contributed by atoms with Crippen molar-refractivity contribution in [3.05, 3.63) is 54.1 Å². The van der Waals surface area contributed by atoms with Crippen LogP contribution < -0.4 is 20.5 Å². The summed E-state index contributed by atoms with van der Waals surface area (Å²) in [4.78, 5) is 12.4. The van der Waals surface area contributed by atoms with Gasteiger partial charge in [0.1, 0.15) is 11.5 Å². The number of piperidine rings is 1. The third-order valence-electron chi connectivity index (χ3n) is 6.07. The van der Waals surface area contributed by atoms with Gasteiger partial charge in [-0.3, -0.25) is 4.79 Å². The third kappa shape index (κ3) is 5.42. The number of sulfone groups is 1. The highest BCUT2D eigenvalue weighted by atomic mass is 32.2. The molecule has 0 spiro atoms. The average Bonchev–Trinajstić information content (AvgIpc) is 2.80. The predicted octanol–water partition coefficient (Wildman–Crippen LogP) is 2.87. The van der Waals surface area contributed by atoms with E-state index in [2.05, 4.69) is 5.32 Å². The molecule has 1 aliphatic heterocycles. The summed E-state index contributed by atoms with van der Waals surface area (Å²) in [5.74, 6) is 0.271. The van der Waals surface area contributed by atoms with Crippen LogP contribution >= 0.6 is 0 Å². The highest BCUT2D eigenvalue weighted by molar-refractivity contribution is 7.93. The Labute approximate surface area is 190 Å². The molecule has 174 valence electrons. The molecule has 0 radical (unpaired) electrons. The lowest BCUT2D eigenvalue weighted by Crippen LogP contribution is -2.49. The lowest BCUT2D eigenvalue weighted by atomic mass is 9.99. The number of nitrogens with two attached hydrogens (primary N) is 1. The number of carbonyl (C=O) groups is 1. The molecule has 0 aromatic heterocycles. The average molecular weight is 461 g/mol. The zero-order valence-corrected chi connectivity index (χ0v) is 19.5. The molecular weight excluding hydrogens is 428 g/mol. The molecule has 3 N–H and O–H groups in total. The Morgan fingerprint density at radius 1 is 1.16 bits per heavy atom. The van der Waals surface area contributed by atoms with Crippen LogP contribution in [0.3, 0.4) is 0 Å². The first-order chi connectivity index (χ1) is 15.3. The second-order valence-electron chi connectivity index (χ2n) is 8.38. The largest absolute Gasteiger partial charge is 0.497 e. The number of amides is 1. The summed E-state index contributed by atoms with van der Waals surface area (Å²) in [5.41, 5.74) is 6.28. The Morgan fingerprint density at radius 3 is 2.53 bits per heavy atom. The highest BCUT2D eigenvalue weighted by Gasteiger charge is 2.46. The van der Waals surface area contributed by atoms with Gasteiger partial charge in [-0.2, -0.15) is 0 Å². The standard InChI is InChI=1S/C24H32N2O5S/c1-24(23(25)27,32(28,29)22-11-9-20(30-2)10-12-22)17-18-6-5-8-21(16-18)31-15-13-19-7-3-4-14-26-19/h5-6,8-12,16,19,26H,3-4,7,13-15,17H2,1-2H3,(H2,25,27). The molecule has 2 aromatic carbocycles. The van der Waals surface area contributed by atoms with Gasteiger partial charge in [0.2, 0.25) is 5.91 Å². The second-order valence-corrected chi connectivity index (χ2v) is 10.8.